The lowest BCUT2D eigenvalue weighted by Gasteiger charge is -2.37. The maximum Gasteiger partial charge on any atom is 0.0369 e. The highest BCUT2D eigenvalue weighted by atomic mass is 15.3. The summed E-state index contributed by atoms with van der Waals surface area (Å²) in [5.41, 5.74) is 7.36. The Morgan fingerprint density at radius 1 is 0.920 bits per heavy atom. The molecule has 2 aromatic rings. The summed E-state index contributed by atoms with van der Waals surface area (Å²) in [5, 5.41) is 0. The van der Waals surface area contributed by atoms with Gasteiger partial charge in [-0.1, -0.05) is 49.4 Å². The molecular formula is C23H28N2. The van der Waals surface area contributed by atoms with Gasteiger partial charge in [-0.3, -0.25) is 4.90 Å². The van der Waals surface area contributed by atoms with Crippen molar-refractivity contribution in [3.63, 3.8) is 0 Å². The molecule has 2 aliphatic rings. The van der Waals surface area contributed by atoms with Crippen LogP contribution in [0.2, 0.25) is 0 Å². The van der Waals surface area contributed by atoms with Crippen LogP contribution in [0.3, 0.4) is 0 Å². The molecule has 0 radical (unpaired) electrons. The van der Waals surface area contributed by atoms with Crippen LogP contribution in [0.1, 0.15) is 30.0 Å². The molecule has 0 spiro atoms. The van der Waals surface area contributed by atoms with E-state index >= 15 is 0 Å². The van der Waals surface area contributed by atoms with Crippen LogP contribution in [0.5, 0.6) is 0 Å². The average Bonchev–Trinajstić information content (AvgIpc) is 2.69. The molecule has 2 nitrogen and oxygen atoms in total. The number of piperazine rings is 1. The topological polar surface area (TPSA) is 6.48 Å². The smallest absolute Gasteiger partial charge is 0.0369 e. The minimum absolute atomic E-state index is 1.10. The van der Waals surface area contributed by atoms with Gasteiger partial charge < -0.3 is 4.90 Å². The van der Waals surface area contributed by atoms with Crippen molar-refractivity contribution < 1.29 is 0 Å². The molecule has 0 atom stereocenters. The first kappa shape index (κ1) is 16.4. The van der Waals surface area contributed by atoms with Crippen LogP contribution in [0.15, 0.2) is 54.6 Å². The highest BCUT2D eigenvalue weighted by molar-refractivity contribution is 5.71. The fourth-order valence-corrected chi connectivity index (χ4v) is 4.09. The van der Waals surface area contributed by atoms with Gasteiger partial charge in [0.05, 0.1) is 0 Å². The number of rotatable bonds is 4. The number of anilines is 1. The predicted molar refractivity (Wildman–Crippen MR) is 107 cm³/mol. The van der Waals surface area contributed by atoms with Crippen molar-refractivity contribution in [2.75, 3.05) is 37.6 Å². The molecule has 1 saturated heterocycles. The second-order valence-electron chi connectivity index (χ2n) is 7.21. The molecule has 2 aromatic carbocycles. The molecule has 25 heavy (non-hydrogen) atoms. The van der Waals surface area contributed by atoms with Gasteiger partial charge in [0.1, 0.15) is 0 Å². The summed E-state index contributed by atoms with van der Waals surface area (Å²) in [7, 11) is 0. The third-order valence-corrected chi connectivity index (χ3v) is 5.62. The Bertz CT molecular complexity index is 754. The zero-order valence-electron chi connectivity index (χ0n) is 15.2. The van der Waals surface area contributed by atoms with Gasteiger partial charge in [-0.05, 0) is 53.7 Å². The number of aryl methyl sites for hydroxylation is 2. The number of hydrogen-bond donors (Lipinski definition) is 0. The number of benzene rings is 2. The zero-order valence-corrected chi connectivity index (χ0v) is 15.2. The van der Waals surface area contributed by atoms with Gasteiger partial charge in [-0.15, -0.1) is 0 Å². The summed E-state index contributed by atoms with van der Waals surface area (Å²) < 4.78 is 0. The Balaban J connectivity index is 1.39. The fourth-order valence-electron chi connectivity index (χ4n) is 4.09. The molecule has 4 rings (SSSR count). The van der Waals surface area contributed by atoms with Crippen LogP contribution >= 0.6 is 0 Å². The Labute approximate surface area is 151 Å². The molecule has 1 fully saturated rings. The first-order chi connectivity index (χ1) is 12.3. The Kier molecular flexibility index (Phi) is 4.89. The van der Waals surface area contributed by atoms with Crippen molar-refractivity contribution in [3.8, 4) is 0 Å². The van der Waals surface area contributed by atoms with Crippen LogP contribution in [0.4, 0.5) is 5.69 Å². The van der Waals surface area contributed by atoms with E-state index in [0.29, 0.717) is 0 Å². The molecule has 0 unspecified atom stereocenters. The monoisotopic (exact) mass is 332 g/mol. The summed E-state index contributed by atoms with van der Waals surface area (Å²) in [5.74, 6) is 0. The van der Waals surface area contributed by atoms with Gasteiger partial charge in [0.2, 0.25) is 0 Å². The third-order valence-electron chi connectivity index (χ3n) is 5.62. The zero-order chi connectivity index (χ0) is 17.1. The van der Waals surface area contributed by atoms with E-state index in [1.165, 1.54) is 40.8 Å². The van der Waals surface area contributed by atoms with E-state index in [4.69, 9.17) is 0 Å². The van der Waals surface area contributed by atoms with E-state index in [1.807, 2.05) is 0 Å². The SMILES string of the molecule is CCc1cccc(N2CCN(CC3=CCCc4ccccc43)CC2)c1. The molecule has 0 amide bonds. The van der Waals surface area contributed by atoms with Gasteiger partial charge in [0, 0.05) is 38.4 Å². The second-order valence-corrected chi connectivity index (χ2v) is 7.21. The standard InChI is InChI=1S/C23H28N2/c1-2-19-7-5-11-22(17-19)25-15-13-24(14-16-25)18-21-10-6-9-20-8-3-4-12-23(20)21/h3-5,7-8,10-12,17H,2,6,9,13-16,18H2,1H3. The summed E-state index contributed by atoms with van der Waals surface area (Å²) in [6, 6.07) is 18.0. The molecule has 130 valence electrons. The molecule has 1 heterocycles. The minimum atomic E-state index is 1.10. The largest absolute Gasteiger partial charge is 0.369 e. The maximum atomic E-state index is 2.62. The predicted octanol–water partition coefficient (Wildman–Crippen LogP) is 4.40. The summed E-state index contributed by atoms with van der Waals surface area (Å²) in [6.07, 6.45) is 5.96. The minimum Gasteiger partial charge on any atom is -0.369 e. The van der Waals surface area contributed by atoms with Crippen LogP contribution in [0, 0.1) is 0 Å². The maximum absolute atomic E-state index is 2.62. The first-order valence-electron chi connectivity index (χ1n) is 9.67. The summed E-state index contributed by atoms with van der Waals surface area (Å²) in [6.45, 7) is 7.88. The highest BCUT2D eigenvalue weighted by Crippen LogP contribution is 2.27. The number of allylic oxidation sites excluding steroid dienone is 1. The van der Waals surface area contributed by atoms with Gasteiger partial charge in [0.15, 0.2) is 0 Å². The lowest BCUT2D eigenvalue weighted by Crippen LogP contribution is -2.46. The quantitative estimate of drug-likeness (QED) is 0.819. The van der Waals surface area contributed by atoms with Gasteiger partial charge >= 0.3 is 0 Å². The molecular weight excluding hydrogens is 304 g/mol. The number of hydrogen-bond acceptors (Lipinski definition) is 2. The molecule has 1 aliphatic heterocycles. The molecule has 0 saturated carbocycles. The van der Waals surface area contributed by atoms with Gasteiger partial charge in [0.25, 0.3) is 0 Å². The molecule has 0 aromatic heterocycles. The normalized spacial score (nSPS) is 18.0. The van der Waals surface area contributed by atoms with Crippen LogP contribution in [-0.2, 0) is 12.8 Å². The molecule has 2 heteroatoms. The van der Waals surface area contributed by atoms with Crippen molar-refractivity contribution in [1.29, 1.82) is 0 Å². The van der Waals surface area contributed by atoms with Gasteiger partial charge in [-0.2, -0.15) is 0 Å². The van der Waals surface area contributed by atoms with Crippen molar-refractivity contribution >= 4 is 11.3 Å². The van der Waals surface area contributed by atoms with E-state index in [9.17, 15) is 0 Å². The Hall–Kier alpha value is -2.06. The number of nitrogens with zero attached hydrogens (tertiary/aromatic N) is 2. The van der Waals surface area contributed by atoms with Crippen molar-refractivity contribution in [3.05, 3.63) is 71.3 Å². The Morgan fingerprint density at radius 2 is 1.76 bits per heavy atom. The first-order valence-corrected chi connectivity index (χ1v) is 9.67. The van der Waals surface area contributed by atoms with E-state index in [-0.39, 0.29) is 0 Å². The molecule has 0 bridgehead atoms. The highest BCUT2D eigenvalue weighted by Gasteiger charge is 2.20. The molecule has 1 aliphatic carbocycles. The Morgan fingerprint density at radius 3 is 2.60 bits per heavy atom. The second kappa shape index (κ2) is 7.45. The summed E-state index contributed by atoms with van der Waals surface area (Å²) >= 11 is 0. The van der Waals surface area contributed by atoms with Crippen molar-refractivity contribution in [1.82, 2.24) is 4.90 Å². The third kappa shape index (κ3) is 3.64. The summed E-state index contributed by atoms with van der Waals surface area (Å²) in [4.78, 5) is 5.16. The van der Waals surface area contributed by atoms with E-state index in [2.05, 4.69) is 71.3 Å². The number of fused-ring (bicyclic) bond motifs is 1. The lowest BCUT2D eigenvalue weighted by molar-refractivity contribution is 0.287. The van der Waals surface area contributed by atoms with Crippen LogP contribution < -0.4 is 4.90 Å². The average molecular weight is 332 g/mol. The lowest BCUT2D eigenvalue weighted by atomic mass is 9.90. The van der Waals surface area contributed by atoms with E-state index in [1.54, 1.807) is 0 Å². The van der Waals surface area contributed by atoms with Crippen LogP contribution in [0.25, 0.3) is 5.57 Å². The van der Waals surface area contributed by atoms with Crippen molar-refractivity contribution in [2.24, 2.45) is 0 Å². The van der Waals surface area contributed by atoms with Crippen LogP contribution in [-0.4, -0.2) is 37.6 Å². The van der Waals surface area contributed by atoms with E-state index < -0.39 is 0 Å². The fraction of sp³-hybridized carbons (Fsp3) is 0.391. The molecule has 0 N–H and O–H groups in total. The van der Waals surface area contributed by atoms with Crippen molar-refractivity contribution in [2.45, 2.75) is 26.2 Å². The van der Waals surface area contributed by atoms with Gasteiger partial charge in [-0.25, -0.2) is 0 Å². The van der Waals surface area contributed by atoms with E-state index in [0.717, 1.165) is 39.1 Å².